The molecule has 34 heavy (non-hydrogen) atoms. The Bertz CT molecular complexity index is 998. The van der Waals surface area contributed by atoms with Crippen LogP contribution in [0.25, 0.3) is 0 Å². The molecule has 184 valence electrons. The number of rotatable bonds is 4. The van der Waals surface area contributed by atoms with Gasteiger partial charge in [-0.1, -0.05) is 19.1 Å². The van der Waals surface area contributed by atoms with Crippen LogP contribution in [-0.4, -0.2) is 67.6 Å². The summed E-state index contributed by atoms with van der Waals surface area (Å²) in [5.74, 6) is -0.0910. The van der Waals surface area contributed by atoms with E-state index in [2.05, 4.69) is 24.1 Å². The maximum absolute atomic E-state index is 13.4. The van der Waals surface area contributed by atoms with E-state index in [-0.39, 0.29) is 35.7 Å². The van der Waals surface area contributed by atoms with Crippen molar-refractivity contribution >= 4 is 17.5 Å². The van der Waals surface area contributed by atoms with Crippen LogP contribution in [0.5, 0.6) is 5.75 Å². The second-order valence-electron chi connectivity index (χ2n) is 9.05. The van der Waals surface area contributed by atoms with Gasteiger partial charge in [-0.3, -0.25) is 14.5 Å². The molecule has 0 bridgehead atoms. The van der Waals surface area contributed by atoms with E-state index in [1.807, 2.05) is 0 Å². The second kappa shape index (κ2) is 11.4. The summed E-state index contributed by atoms with van der Waals surface area (Å²) in [6.07, 6.45) is -0.167. The predicted octanol–water partition coefficient (Wildman–Crippen LogP) is 3.79. The third-order valence-corrected chi connectivity index (χ3v) is 6.20. The Morgan fingerprint density at radius 3 is 2.53 bits per heavy atom. The van der Waals surface area contributed by atoms with Gasteiger partial charge in [0.25, 0.3) is 5.91 Å². The third kappa shape index (κ3) is 6.55. The van der Waals surface area contributed by atoms with Gasteiger partial charge >= 0.3 is 0 Å². The topological polar surface area (TPSA) is 71.1 Å². The lowest BCUT2D eigenvalue weighted by atomic mass is 10.0. The summed E-state index contributed by atoms with van der Waals surface area (Å²) in [5.41, 5.74) is 1.99. The molecule has 0 radical (unpaired) electrons. The van der Waals surface area contributed by atoms with Gasteiger partial charge in [0.05, 0.1) is 11.7 Å². The molecular weight excluding hydrogens is 437 g/mol. The first-order valence-corrected chi connectivity index (χ1v) is 11.5. The number of likely N-dealkylation sites (N-methyl/N-ethyl adjacent to an activating group) is 1. The third-order valence-electron chi connectivity index (χ3n) is 6.20. The smallest absolute Gasteiger partial charge is 0.257 e. The van der Waals surface area contributed by atoms with Crippen LogP contribution in [0.1, 0.15) is 36.7 Å². The van der Waals surface area contributed by atoms with Crippen LogP contribution in [0.3, 0.4) is 0 Å². The molecule has 2 amide bonds. The number of carbonyl (C=O) groups is 2. The Balaban J connectivity index is 1.94. The molecule has 1 aliphatic heterocycles. The van der Waals surface area contributed by atoms with Crippen LogP contribution in [0.4, 0.5) is 10.1 Å². The number of fused-ring (bicyclic) bond motifs is 1. The van der Waals surface area contributed by atoms with Crippen LogP contribution < -0.4 is 10.1 Å². The number of benzene rings is 2. The van der Waals surface area contributed by atoms with Gasteiger partial charge in [0.2, 0.25) is 5.91 Å². The molecule has 0 aliphatic carbocycles. The summed E-state index contributed by atoms with van der Waals surface area (Å²) in [5, 5.41) is 2.74. The second-order valence-corrected chi connectivity index (χ2v) is 9.05. The molecule has 0 spiro atoms. The van der Waals surface area contributed by atoms with E-state index in [9.17, 15) is 14.0 Å². The van der Waals surface area contributed by atoms with Crippen molar-refractivity contribution in [2.45, 2.75) is 39.5 Å². The summed E-state index contributed by atoms with van der Waals surface area (Å²) >= 11 is 0. The van der Waals surface area contributed by atoms with Crippen molar-refractivity contribution in [1.29, 1.82) is 0 Å². The highest BCUT2D eigenvalue weighted by atomic mass is 19.1. The first-order valence-electron chi connectivity index (χ1n) is 11.5. The van der Waals surface area contributed by atoms with Gasteiger partial charge < -0.3 is 19.7 Å². The summed E-state index contributed by atoms with van der Waals surface area (Å²) in [6.45, 7) is 7.69. The molecule has 0 fully saturated rings. The van der Waals surface area contributed by atoms with Crippen molar-refractivity contribution in [1.82, 2.24) is 9.80 Å². The zero-order valence-electron chi connectivity index (χ0n) is 20.5. The van der Waals surface area contributed by atoms with Crippen LogP contribution in [0.15, 0.2) is 42.5 Å². The monoisotopic (exact) mass is 471 g/mol. The first-order chi connectivity index (χ1) is 16.2. The van der Waals surface area contributed by atoms with E-state index in [1.54, 1.807) is 49.4 Å². The minimum Gasteiger partial charge on any atom is -0.491 e. The van der Waals surface area contributed by atoms with Crippen LogP contribution in [-0.2, 0) is 16.1 Å². The summed E-state index contributed by atoms with van der Waals surface area (Å²) in [7, 11) is 3.41. The molecule has 1 aliphatic rings. The molecule has 2 aromatic carbocycles. The zero-order valence-corrected chi connectivity index (χ0v) is 20.5. The van der Waals surface area contributed by atoms with Crippen molar-refractivity contribution in [3.63, 3.8) is 0 Å². The number of hydrogen-bond donors (Lipinski definition) is 1. The highest BCUT2D eigenvalue weighted by Crippen LogP contribution is 2.27. The molecule has 0 aromatic heterocycles. The lowest BCUT2D eigenvalue weighted by Gasteiger charge is -2.36. The normalized spacial score (nSPS) is 22.2. The van der Waals surface area contributed by atoms with Crippen molar-refractivity contribution in [2.75, 3.05) is 39.2 Å². The van der Waals surface area contributed by atoms with Gasteiger partial charge in [0.1, 0.15) is 18.2 Å². The predicted molar refractivity (Wildman–Crippen MR) is 129 cm³/mol. The Hall–Kier alpha value is -2.97. The number of halogens is 1. The van der Waals surface area contributed by atoms with Crippen molar-refractivity contribution < 1.29 is 23.5 Å². The van der Waals surface area contributed by atoms with E-state index in [1.165, 1.54) is 19.1 Å². The average molecular weight is 472 g/mol. The van der Waals surface area contributed by atoms with Crippen molar-refractivity contribution in [2.24, 2.45) is 5.92 Å². The molecule has 2 aromatic rings. The molecule has 1 heterocycles. The van der Waals surface area contributed by atoms with Gasteiger partial charge in [0, 0.05) is 58.5 Å². The van der Waals surface area contributed by atoms with Gasteiger partial charge in [-0.25, -0.2) is 4.39 Å². The summed E-state index contributed by atoms with van der Waals surface area (Å²) in [6, 6.07) is 11.6. The van der Waals surface area contributed by atoms with Crippen LogP contribution in [0, 0.1) is 11.7 Å². The number of methoxy groups -OCH3 is 1. The van der Waals surface area contributed by atoms with E-state index in [0.717, 1.165) is 5.56 Å². The van der Waals surface area contributed by atoms with Gasteiger partial charge in [-0.15, -0.1) is 0 Å². The highest BCUT2D eigenvalue weighted by molar-refractivity contribution is 5.98. The molecule has 3 rings (SSSR count). The molecule has 0 saturated carbocycles. The Morgan fingerprint density at radius 2 is 1.88 bits per heavy atom. The van der Waals surface area contributed by atoms with Crippen LogP contribution in [0.2, 0.25) is 0 Å². The maximum atomic E-state index is 13.4. The minimum absolute atomic E-state index is 0.00506. The number of nitrogens with one attached hydrogen (secondary N) is 1. The summed E-state index contributed by atoms with van der Waals surface area (Å²) in [4.78, 5) is 28.7. The quantitative estimate of drug-likeness (QED) is 0.735. The molecule has 3 atom stereocenters. The zero-order chi connectivity index (χ0) is 24.8. The first kappa shape index (κ1) is 25.6. The molecule has 8 heteroatoms. The number of hydrogen-bond acceptors (Lipinski definition) is 5. The van der Waals surface area contributed by atoms with Crippen molar-refractivity contribution in [3.05, 3.63) is 59.4 Å². The lowest BCUT2D eigenvalue weighted by molar-refractivity contribution is -0.114. The number of amides is 2. The fourth-order valence-electron chi connectivity index (χ4n) is 4.17. The minimum atomic E-state index is -0.263. The van der Waals surface area contributed by atoms with E-state index in [4.69, 9.17) is 9.47 Å². The van der Waals surface area contributed by atoms with E-state index < -0.39 is 0 Å². The molecule has 0 unspecified atom stereocenters. The van der Waals surface area contributed by atoms with Gasteiger partial charge in [0.15, 0.2) is 0 Å². The number of carbonyl (C=O) groups excluding carboxylic acids is 2. The Labute approximate surface area is 200 Å². The van der Waals surface area contributed by atoms with Crippen molar-refractivity contribution in [3.8, 4) is 5.75 Å². The molecule has 1 N–H and O–H groups in total. The average Bonchev–Trinajstić information content (AvgIpc) is 2.80. The molecule has 7 nitrogen and oxygen atoms in total. The largest absolute Gasteiger partial charge is 0.491 e. The summed E-state index contributed by atoms with van der Waals surface area (Å²) < 4.78 is 25.3. The lowest BCUT2D eigenvalue weighted by Crippen LogP contribution is -2.46. The highest BCUT2D eigenvalue weighted by Gasteiger charge is 2.28. The number of nitrogens with zero attached hydrogens (tertiary/aromatic N) is 2. The standard InChI is InChI=1S/C26H34FN3O4/c1-17-13-30(14-20-6-8-21(27)9-7-20)18(2)16-34-24-12-22(28-19(3)31)10-11-23(24)26(32)29(4)15-25(17)33-5/h6-12,17-18,25H,13-16H2,1-5H3,(H,28,31)/t17-,18+,25-/m0/s1. The van der Waals surface area contributed by atoms with Gasteiger partial charge in [-0.2, -0.15) is 0 Å². The Kier molecular flexibility index (Phi) is 8.63. The van der Waals surface area contributed by atoms with Crippen LogP contribution >= 0.6 is 0 Å². The molecular formula is C26H34FN3O4. The number of ether oxygens (including phenoxy) is 2. The molecule has 0 saturated heterocycles. The van der Waals surface area contributed by atoms with E-state index >= 15 is 0 Å². The van der Waals surface area contributed by atoms with Gasteiger partial charge in [-0.05, 0) is 42.7 Å². The Morgan fingerprint density at radius 1 is 1.18 bits per heavy atom. The maximum Gasteiger partial charge on any atom is 0.257 e. The number of anilines is 1. The fraction of sp³-hybridized carbons (Fsp3) is 0.462. The fourth-order valence-corrected chi connectivity index (χ4v) is 4.17. The van der Waals surface area contributed by atoms with E-state index in [0.29, 0.717) is 43.2 Å². The SMILES string of the molecule is CO[C@H]1CN(C)C(=O)c2ccc(NC(C)=O)cc2OC[C@@H](C)N(Cc2ccc(F)cc2)C[C@@H]1C.